The first kappa shape index (κ1) is 19.0. The lowest BCUT2D eigenvalue weighted by Crippen LogP contribution is -2.37. The summed E-state index contributed by atoms with van der Waals surface area (Å²) in [5.41, 5.74) is 3.79. The lowest BCUT2D eigenvalue weighted by molar-refractivity contribution is -0.113. The topological polar surface area (TPSA) is 32.7 Å². The number of hydrogen-bond acceptors (Lipinski definition) is 3. The van der Waals surface area contributed by atoms with Gasteiger partial charge in [0, 0.05) is 13.1 Å². The first-order chi connectivity index (χ1) is 13.7. The fourth-order valence-corrected chi connectivity index (χ4v) is 4.77. The van der Waals surface area contributed by atoms with E-state index in [4.69, 9.17) is 0 Å². The molecule has 0 N–H and O–H groups in total. The highest BCUT2D eigenvalue weighted by atomic mass is 32.2. The van der Waals surface area contributed by atoms with Crippen molar-refractivity contribution >= 4 is 28.9 Å². The third kappa shape index (κ3) is 4.56. The molecule has 144 valence electrons. The van der Waals surface area contributed by atoms with Gasteiger partial charge in [-0.2, -0.15) is 4.99 Å². The number of rotatable bonds is 4. The molecular formula is C24H26N2OS. The van der Waals surface area contributed by atoms with Crippen LogP contribution < -0.4 is 0 Å². The number of amidine groups is 1. The molecule has 0 unspecified atom stereocenters. The third-order valence-corrected chi connectivity index (χ3v) is 6.59. The molecule has 2 aromatic carbocycles. The zero-order chi connectivity index (χ0) is 19.3. The van der Waals surface area contributed by atoms with Crippen LogP contribution in [0.1, 0.15) is 36.5 Å². The minimum Gasteiger partial charge on any atom is -0.351 e. The second kappa shape index (κ2) is 8.78. The summed E-state index contributed by atoms with van der Waals surface area (Å²) in [6, 6.07) is 19.1. The first-order valence-electron chi connectivity index (χ1n) is 10.1. The van der Waals surface area contributed by atoms with E-state index in [1.807, 2.05) is 6.08 Å². The summed E-state index contributed by atoms with van der Waals surface area (Å²) in [4.78, 5) is 19.7. The molecule has 28 heavy (non-hydrogen) atoms. The number of carbonyl (C=O) groups is 1. The van der Waals surface area contributed by atoms with Gasteiger partial charge < -0.3 is 4.90 Å². The molecule has 0 aromatic heterocycles. The van der Waals surface area contributed by atoms with Gasteiger partial charge in [-0.1, -0.05) is 61.5 Å². The monoisotopic (exact) mass is 390 g/mol. The largest absolute Gasteiger partial charge is 0.351 e. The maximum absolute atomic E-state index is 12.4. The predicted molar refractivity (Wildman–Crippen MR) is 118 cm³/mol. The molecule has 1 fully saturated rings. The molecule has 0 atom stereocenters. The summed E-state index contributed by atoms with van der Waals surface area (Å²) < 4.78 is 0. The molecule has 4 heteroatoms. The van der Waals surface area contributed by atoms with Crippen molar-refractivity contribution < 1.29 is 4.79 Å². The predicted octanol–water partition coefficient (Wildman–Crippen LogP) is 5.17. The number of aryl methyl sites for hydroxylation is 1. The van der Waals surface area contributed by atoms with Crippen LogP contribution in [0.2, 0.25) is 0 Å². The quantitative estimate of drug-likeness (QED) is 0.675. The van der Waals surface area contributed by atoms with E-state index in [0.29, 0.717) is 5.92 Å². The van der Waals surface area contributed by atoms with Crippen molar-refractivity contribution in [3.8, 4) is 0 Å². The Balaban J connectivity index is 1.34. The molecule has 0 aliphatic carbocycles. The van der Waals surface area contributed by atoms with Gasteiger partial charge in [-0.3, -0.25) is 4.79 Å². The molecule has 2 heterocycles. The molecule has 0 radical (unpaired) electrons. The lowest BCUT2D eigenvalue weighted by Gasteiger charge is -2.32. The number of thioether (sulfide) groups is 1. The van der Waals surface area contributed by atoms with Crippen molar-refractivity contribution in [2.75, 3.05) is 13.1 Å². The zero-order valence-electron chi connectivity index (χ0n) is 16.3. The van der Waals surface area contributed by atoms with Crippen molar-refractivity contribution in [3.63, 3.8) is 0 Å². The number of likely N-dealkylation sites (tertiary alicyclic amines) is 1. The molecule has 0 saturated carbocycles. The molecule has 0 spiro atoms. The zero-order valence-corrected chi connectivity index (χ0v) is 17.1. The van der Waals surface area contributed by atoms with Crippen LogP contribution in [0.25, 0.3) is 6.08 Å². The van der Waals surface area contributed by atoms with E-state index in [1.165, 1.54) is 22.9 Å². The molecule has 1 amide bonds. The van der Waals surface area contributed by atoms with Crippen LogP contribution in [-0.4, -0.2) is 29.1 Å². The van der Waals surface area contributed by atoms with Crippen LogP contribution in [0, 0.1) is 5.92 Å². The van der Waals surface area contributed by atoms with Crippen molar-refractivity contribution in [1.82, 2.24) is 4.90 Å². The minimum absolute atomic E-state index is 0.106. The van der Waals surface area contributed by atoms with Crippen LogP contribution in [0.15, 0.2) is 64.5 Å². The molecule has 2 aliphatic heterocycles. The highest BCUT2D eigenvalue weighted by Crippen LogP contribution is 2.32. The second-order valence-electron chi connectivity index (χ2n) is 7.53. The van der Waals surface area contributed by atoms with Crippen LogP contribution in [-0.2, 0) is 17.6 Å². The molecule has 0 bridgehead atoms. The maximum Gasteiger partial charge on any atom is 0.286 e. The molecule has 2 aromatic rings. The van der Waals surface area contributed by atoms with Gasteiger partial charge in [-0.05, 0) is 66.1 Å². The Bertz CT molecular complexity index is 879. The van der Waals surface area contributed by atoms with Crippen LogP contribution in [0.5, 0.6) is 0 Å². The summed E-state index contributed by atoms with van der Waals surface area (Å²) >= 11 is 1.52. The third-order valence-electron chi connectivity index (χ3n) is 5.55. The summed E-state index contributed by atoms with van der Waals surface area (Å²) in [6.07, 6.45) is 6.44. The van der Waals surface area contributed by atoms with E-state index in [1.54, 1.807) is 0 Å². The Morgan fingerprint density at radius 1 is 1.04 bits per heavy atom. The average Bonchev–Trinajstić information content (AvgIpc) is 3.10. The fourth-order valence-electron chi connectivity index (χ4n) is 3.81. The average molecular weight is 391 g/mol. The van der Waals surface area contributed by atoms with E-state index >= 15 is 0 Å². The Labute approximate surface area is 171 Å². The second-order valence-corrected chi connectivity index (χ2v) is 8.53. The van der Waals surface area contributed by atoms with E-state index in [-0.39, 0.29) is 5.91 Å². The summed E-state index contributed by atoms with van der Waals surface area (Å²) in [5.74, 6) is 0.611. The highest BCUT2D eigenvalue weighted by molar-refractivity contribution is 8.18. The summed E-state index contributed by atoms with van der Waals surface area (Å²) in [7, 11) is 0. The van der Waals surface area contributed by atoms with Gasteiger partial charge >= 0.3 is 0 Å². The van der Waals surface area contributed by atoms with E-state index in [2.05, 4.69) is 71.4 Å². The van der Waals surface area contributed by atoms with Gasteiger partial charge in [0.25, 0.3) is 5.91 Å². The molecule has 2 aliphatic rings. The van der Waals surface area contributed by atoms with Gasteiger partial charge in [0.05, 0.1) is 4.91 Å². The lowest BCUT2D eigenvalue weighted by atomic mass is 9.90. The standard InChI is InChI=1S/C24H26N2OS/c1-2-18-8-10-20(11-9-18)17-22-23(27)25-24(28-22)26-14-12-21(13-15-26)16-19-6-4-3-5-7-19/h3-11,17,21H,2,12-16H2,1H3/b22-17-. The molecular weight excluding hydrogens is 364 g/mol. The van der Waals surface area contributed by atoms with E-state index in [9.17, 15) is 4.79 Å². The van der Waals surface area contributed by atoms with Gasteiger partial charge in [0.1, 0.15) is 0 Å². The van der Waals surface area contributed by atoms with Crippen molar-refractivity contribution in [2.24, 2.45) is 10.9 Å². The smallest absolute Gasteiger partial charge is 0.286 e. The Hall–Kier alpha value is -2.33. The van der Waals surface area contributed by atoms with Crippen LogP contribution >= 0.6 is 11.8 Å². The van der Waals surface area contributed by atoms with Crippen molar-refractivity contribution in [2.45, 2.75) is 32.6 Å². The van der Waals surface area contributed by atoms with Gasteiger partial charge in [-0.25, -0.2) is 0 Å². The molecule has 1 saturated heterocycles. The summed E-state index contributed by atoms with van der Waals surface area (Å²) in [6.45, 7) is 4.11. The maximum atomic E-state index is 12.4. The normalized spacial score (nSPS) is 19.3. The Morgan fingerprint density at radius 2 is 1.75 bits per heavy atom. The number of nitrogens with zero attached hydrogens (tertiary/aromatic N) is 2. The molecule has 4 rings (SSSR count). The van der Waals surface area contributed by atoms with E-state index < -0.39 is 0 Å². The number of benzene rings is 2. The van der Waals surface area contributed by atoms with Crippen molar-refractivity contribution in [1.29, 1.82) is 0 Å². The van der Waals surface area contributed by atoms with Crippen LogP contribution in [0.4, 0.5) is 0 Å². The highest BCUT2D eigenvalue weighted by Gasteiger charge is 2.29. The van der Waals surface area contributed by atoms with Crippen LogP contribution in [0.3, 0.4) is 0 Å². The van der Waals surface area contributed by atoms with Gasteiger partial charge in [0.2, 0.25) is 0 Å². The number of piperidine rings is 1. The minimum atomic E-state index is -0.106. The number of carbonyl (C=O) groups excluding carboxylic acids is 1. The number of amides is 1. The van der Waals surface area contributed by atoms with Crippen molar-refractivity contribution in [3.05, 3.63) is 76.2 Å². The number of aliphatic imine (C=N–C) groups is 1. The first-order valence-corrected chi connectivity index (χ1v) is 10.9. The molecule has 3 nitrogen and oxygen atoms in total. The van der Waals surface area contributed by atoms with Gasteiger partial charge in [-0.15, -0.1) is 0 Å². The Morgan fingerprint density at radius 3 is 2.43 bits per heavy atom. The van der Waals surface area contributed by atoms with Gasteiger partial charge in [0.15, 0.2) is 5.17 Å². The SMILES string of the molecule is CCc1ccc(/C=C2\SC(N3CCC(Cc4ccccc4)CC3)=NC2=O)cc1. The Kier molecular flexibility index (Phi) is 5.96. The van der Waals surface area contributed by atoms with E-state index in [0.717, 1.165) is 54.4 Å². The number of hydrogen-bond donors (Lipinski definition) is 0. The fraction of sp³-hybridized carbons (Fsp3) is 0.333. The summed E-state index contributed by atoms with van der Waals surface area (Å²) in [5, 5.41) is 0.875.